The third-order valence-corrected chi connectivity index (χ3v) is 11.0. The summed E-state index contributed by atoms with van der Waals surface area (Å²) in [7, 11) is 0. The first-order valence-electron chi connectivity index (χ1n) is 25.8. The molecule has 0 aliphatic rings. The quantitative estimate of drug-likeness (QED) is 0.0263. The number of ether oxygens (including phenoxy) is 3. The number of carbonyl (C=O) groups is 3. The topological polar surface area (TPSA) is 78.9 Å². The molecule has 0 rings (SSSR count). The zero-order valence-electron chi connectivity index (χ0n) is 40.2. The van der Waals surface area contributed by atoms with Gasteiger partial charge in [0.2, 0.25) is 0 Å². The second kappa shape index (κ2) is 49.8. The van der Waals surface area contributed by atoms with Gasteiger partial charge in [-0.2, -0.15) is 0 Å². The van der Waals surface area contributed by atoms with Gasteiger partial charge in [0.25, 0.3) is 0 Å². The second-order valence-corrected chi connectivity index (χ2v) is 17.1. The predicted molar refractivity (Wildman–Crippen MR) is 261 cm³/mol. The Hall–Kier alpha value is -2.89. The van der Waals surface area contributed by atoms with E-state index >= 15 is 0 Å². The Labute approximate surface area is 377 Å². The molecular formula is C55H96O6. The van der Waals surface area contributed by atoms with Crippen molar-refractivity contribution in [3.8, 4) is 0 Å². The van der Waals surface area contributed by atoms with E-state index in [0.717, 1.165) is 96.3 Å². The van der Waals surface area contributed by atoms with E-state index in [0.29, 0.717) is 19.3 Å². The minimum atomic E-state index is -0.785. The van der Waals surface area contributed by atoms with Crippen molar-refractivity contribution in [1.29, 1.82) is 0 Å². The van der Waals surface area contributed by atoms with Crippen molar-refractivity contribution >= 4 is 17.9 Å². The lowest BCUT2D eigenvalue weighted by Gasteiger charge is -2.18. The van der Waals surface area contributed by atoms with Crippen LogP contribution in [0.1, 0.15) is 252 Å². The van der Waals surface area contributed by atoms with E-state index in [4.69, 9.17) is 14.2 Å². The monoisotopic (exact) mass is 853 g/mol. The van der Waals surface area contributed by atoms with Crippen molar-refractivity contribution in [3.63, 3.8) is 0 Å². The van der Waals surface area contributed by atoms with Gasteiger partial charge >= 0.3 is 17.9 Å². The SMILES string of the molecule is CC/C=C\C/C=C\C/C=C\C/C=C\CCCCCCC(=O)OC(COC(=O)CCCCCCCCCC)COC(=O)CCCCCCCCC/C=C\CCCCCCCCC. The summed E-state index contributed by atoms with van der Waals surface area (Å²) in [5, 5.41) is 0. The zero-order chi connectivity index (χ0) is 44.4. The fraction of sp³-hybridized carbons (Fsp3) is 0.764. The summed E-state index contributed by atoms with van der Waals surface area (Å²) in [6.07, 6.45) is 60.7. The lowest BCUT2D eigenvalue weighted by atomic mass is 10.1. The first-order valence-corrected chi connectivity index (χ1v) is 25.8. The molecule has 6 nitrogen and oxygen atoms in total. The first-order chi connectivity index (χ1) is 30.0. The predicted octanol–water partition coefficient (Wildman–Crippen LogP) is 16.9. The number of hydrogen-bond acceptors (Lipinski definition) is 6. The van der Waals surface area contributed by atoms with Crippen LogP contribution in [0.25, 0.3) is 0 Å². The fourth-order valence-corrected chi connectivity index (χ4v) is 7.13. The molecule has 0 saturated heterocycles. The Kier molecular flexibility index (Phi) is 47.4. The van der Waals surface area contributed by atoms with E-state index in [-0.39, 0.29) is 31.1 Å². The molecule has 0 bridgehead atoms. The maximum atomic E-state index is 12.8. The fourth-order valence-electron chi connectivity index (χ4n) is 7.13. The third kappa shape index (κ3) is 48.0. The van der Waals surface area contributed by atoms with Gasteiger partial charge in [-0.25, -0.2) is 0 Å². The lowest BCUT2D eigenvalue weighted by molar-refractivity contribution is -0.167. The zero-order valence-corrected chi connectivity index (χ0v) is 40.2. The van der Waals surface area contributed by atoms with Crippen LogP contribution < -0.4 is 0 Å². The molecular weight excluding hydrogens is 757 g/mol. The van der Waals surface area contributed by atoms with Gasteiger partial charge in [0, 0.05) is 19.3 Å². The van der Waals surface area contributed by atoms with Gasteiger partial charge in [-0.05, 0) is 83.5 Å². The summed E-state index contributed by atoms with van der Waals surface area (Å²) in [4.78, 5) is 37.8. The Bertz CT molecular complexity index is 1120. The van der Waals surface area contributed by atoms with Gasteiger partial charge in [-0.15, -0.1) is 0 Å². The van der Waals surface area contributed by atoms with Crippen molar-refractivity contribution in [2.24, 2.45) is 0 Å². The average Bonchev–Trinajstić information content (AvgIpc) is 3.26. The molecule has 0 amide bonds. The van der Waals surface area contributed by atoms with Crippen LogP contribution >= 0.6 is 0 Å². The van der Waals surface area contributed by atoms with Gasteiger partial charge in [-0.1, -0.05) is 210 Å². The average molecular weight is 853 g/mol. The number of allylic oxidation sites excluding steroid dienone is 10. The Morgan fingerprint density at radius 1 is 0.344 bits per heavy atom. The molecule has 0 saturated carbocycles. The lowest BCUT2D eigenvalue weighted by Crippen LogP contribution is -2.30. The van der Waals surface area contributed by atoms with E-state index in [1.165, 1.54) is 116 Å². The highest BCUT2D eigenvalue weighted by molar-refractivity contribution is 5.71. The minimum Gasteiger partial charge on any atom is -0.462 e. The summed E-state index contributed by atoms with van der Waals surface area (Å²) in [5.74, 6) is -0.914. The molecule has 0 aliphatic carbocycles. The Morgan fingerprint density at radius 3 is 1.02 bits per heavy atom. The summed E-state index contributed by atoms with van der Waals surface area (Å²) >= 11 is 0. The second-order valence-electron chi connectivity index (χ2n) is 17.1. The van der Waals surface area contributed by atoms with Crippen LogP contribution in [0, 0.1) is 0 Å². The van der Waals surface area contributed by atoms with Crippen LogP contribution in [0.3, 0.4) is 0 Å². The summed E-state index contributed by atoms with van der Waals surface area (Å²) < 4.78 is 16.7. The van der Waals surface area contributed by atoms with E-state index < -0.39 is 6.10 Å². The van der Waals surface area contributed by atoms with Crippen molar-refractivity contribution in [2.75, 3.05) is 13.2 Å². The van der Waals surface area contributed by atoms with Gasteiger partial charge < -0.3 is 14.2 Å². The smallest absolute Gasteiger partial charge is 0.306 e. The van der Waals surface area contributed by atoms with E-state index in [2.05, 4.69) is 81.5 Å². The molecule has 0 aliphatic heterocycles. The van der Waals surface area contributed by atoms with Crippen molar-refractivity contribution < 1.29 is 28.6 Å². The number of rotatable bonds is 46. The maximum Gasteiger partial charge on any atom is 0.306 e. The number of hydrogen-bond donors (Lipinski definition) is 0. The number of unbranched alkanes of at least 4 members (excludes halogenated alkanes) is 25. The molecule has 1 atom stereocenters. The van der Waals surface area contributed by atoms with Gasteiger partial charge in [0.05, 0.1) is 0 Å². The molecule has 0 radical (unpaired) electrons. The standard InChI is InChI=1S/C55H96O6/c1-4-7-10-13-16-19-21-23-25-27-29-30-32-34-36-39-42-45-48-54(57)60-51-52(50-59-53(56)47-44-41-38-18-15-12-9-6-3)61-55(58)49-46-43-40-37-35-33-31-28-26-24-22-20-17-14-11-8-5-2/h8,11,17,20,24-27,31,33,52H,4-7,9-10,12-16,18-19,21-23,28-30,32,34-51H2,1-3H3/b11-8-,20-17-,26-24-,27-25-,33-31-. The van der Waals surface area contributed by atoms with E-state index in [1.807, 2.05) is 0 Å². The van der Waals surface area contributed by atoms with Crippen molar-refractivity contribution in [1.82, 2.24) is 0 Å². The molecule has 0 heterocycles. The van der Waals surface area contributed by atoms with Crippen LogP contribution in [-0.4, -0.2) is 37.2 Å². The molecule has 61 heavy (non-hydrogen) atoms. The molecule has 0 aromatic rings. The first kappa shape index (κ1) is 58.1. The molecule has 0 aromatic carbocycles. The van der Waals surface area contributed by atoms with E-state index in [9.17, 15) is 14.4 Å². The molecule has 352 valence electrons. The molecule has 1 unspecified atom stereocenters. The molecule has 0 aromatic heterocycles. The summed E-state index contributed by atoms with van der Waals surface area (Å²) in [5.41, 5.74) is 0. The normalized spacial score (nSPS) is 12.5. The van der Waals surface area contributed by atoms with Crippen LogP contribution in [0.2, 0.25) is 0 Å². The highest BCUT2D eigenvalue weighted by Crippen LogP contribution is 2.14. The largest absolute Gasteiger partial charge is 0.462 e. The molecule has 6 heteroatoms. The third-order valence-electron chi connectivity index (χ3n) is 11.0. The molecule has 0 spiro atoms. The van der Waals surface area contributed by atoms with Crippen LogP contribution in [-0.2, 0) is 28.6 Å². The van der Waals surface area contributed by atoms with Crippen molar-refractivity contribution in [2.45, 2.75) is 258 Å². The molecule has 0 fully saturated rings. The van der Waals surface area contributed by atoms with E-state index in [1.54, 1.807) is 0 Å². The van der Waals surface area contributed by atoms with Crippen LogP contribution in [0.5, 0.6) is 0 Å². The van der Waals surface area contributed by atoms with Crippen LogP contribution in [0.4, 0.5) is 0 Å². The Balaban J connectivity index is 4.33. The minimum absolute atomic E-state index is 0.0846. The molecule has 0 N–H and O–H groups in total. The number of esters is 3. The van der Waals surface area contributed by atoms with Gasteiger partial charge in [-0.3, -0.25) is 14.4 Å². The maximum absolute atomic E-state index is 12.8. The van der Waals surface area contributed by atoms with Crippen LogP contribution in [0.15, 0.2) is 60.8 Å². The highest BCUT2D eigenvalue weighted by Gasteiger charge is 2.19. The summed E-state index contributed by atoms with van der Waals surface area (Å²) in [6.45, 7) is 6.48. The van der Waals surface area contributed by atoms with Gasteiger partial charge in [0.15, 0.2) is 6.10 Å². The number of carbonyl (C=O) groups excluding carboxylic acids is 3. The van der Waals surface area contributed by atoms with Crippen molar-refractivity contribution in [3.05, 3.63) is 60.8 Å². The summed E-state index contributed by atoms with van der Waals surface area (Å²) in [6, 6.07) is 0. The van der Waals surface area contributed by atoms with Gasteiger partial charge in [0.1, 0.15) is 13.2 Å². The highest BCUT2D eigenvalue weighted by atomic mass is 16.6. The Morgan fingerprint density at radius 2 is 0.639 bits per heavy atom.